The Labute approximate surface area is 391 Å². The lowest BCUT2D eigenvalue weighted by atomic mass is 9.83. The molecule has 0 radical (unpaired) electrons. The number of pyridine rings is 2. The van der Waals surface area contributed by atoms with Crippen molar-refractivity contribution in [3.63, 3.8) is 0 Å². The van der Waals surface area contributed by atoms with Gasteiger partial charge in [-0.05, 0) is 99.9 Å². The van der Waals surface area contributed by atoms with E-state index in [1.165, 1.54) is 22.7 Å². The van der Waals surface area contributed by atoms with Crippen molar-refractivity contribution in [1.29, 1.82) is 0 Å². The lowest BCUT2D eigenvalue weighted by molar-refractivity contribution is -0.00769. The van der Waals surface area contributed by atoms with Crippen LogP contribution in [-0.4, -0.2) is 42.2 Å². The van der Waals surface area contributed by atoms with Crippen LogP contribution >= 0.6 is 22.7 Å². The molecule has 10 rings (SSSR count). The number of ether oxygens (including phenoxy) is 2. The molecule has 2 aliphatic rings. The van der Waals surface area contributed by atoms with Gasteiger partial charge in [0.1, 0.15) is 34.5 Å². The van der Waals surface area contributed by atoms with Gasteiger partial charge in [-0.2, -0.15) is 0 Å². The molecule has 0 spiro atoms. The predicted octanol–water partition coefficient (Wildman–Crippen LogP) is 12.8. The van der Waals surface area contributed by atoms with Gasteiger partial charge >= 0.3 is 0 Å². The standard InChI is InChI=1S/C52H50N8O4S2/c1-51(61,35-15-9-17-39(29-35)55-43-31-41(23-27-53-43)63-47-45(33-11-5-3-6-12-33)59-49(65-47)57-37-19-20-37)25-26-52(2,62)36-16-10-18-40(30-36)56-44-32-42(24-28-54-44)64-48-46(34-13-7-4-8-14-34)60-50(66-48)58-38-21-22-38/h3-18,23-24,27-32,37-38,61-62H,19-22,25-26H2,1-2H3,(H,53,55)(H,54,56)(H,57,59)(H,58,60). The summed E-state index contributed by atoms with van der Waals surface area (Å²) in [7, 11) is 0. The minimum absolute atomic E-state index is 0.292. The summed E-state index contributed by atoms with van der Waals surface area (Å²) in [6.07, 6.45) is 8.59. The predicted molar refractivity (Wildman–Crippen MR) is 265 cm³/mol. The second-order valence-electron chi connectivity index (χ2n) is 17.3. The number of nitrogens with zero attached hydrogens (tertiary/aromatic N) is 4. The van der Waals surface area contributed by atoms with Crippen molar-refractivity contribution >= 4 is 55.9 Å². The fraction of sp³-hybridized carbons (Fsp3) is 0.231. The fourth-order valence-electron chi connectivity index (χ4n) is 7.47. The van der Waals surface area contributed by atoms with Gasteiger partial charge in [-0.15, -0.1) is 0 Å². The summed E-state index contributed by atoms with van der Waals surface area (Å²) in [5.74, 6) is 2.42. The Kier molecular flexibility index (Phi) is 12.1. The second-order valence-corrected chi connectivity index (χ2v) is 19.2. The maximum absolute atomic E-state index is 11.9. The van der Waals surface area contributed by atoms with Crippen LogP contribution in [0.3, 0.4) is 0 Å². The van der Waals surface area contributed by atoms with E-state index in [4.69, 9.17) is 19.4 Å². The van der Waals surface area contributed by atoms with Crippen LogP contribution in [0.4, 0.5) is 33.3 Å². The Hall–Kier alpha value is -6.84. The summed E-state index contributed by atoms with van der Waals surface area (Å²) in [6.45, 7) is 3.55. The van der Waals surface area contributed by atoms with Gasteiger partial charge in [0.2, 0.25) is 10.1 Å². The van der Waals surface area contributed by atoms with Gasteiger partial charge in [-0.1, -0.05) is 108 Å². The van der Waals surface area contributed by atoms with Crippen LogP contribution in [0.25, 0.3) is 22.5 Å². The highest BCUT2D eigenvalue weighted by molar-refractivity contribution is 7.18. The Morgan fingerprint density at radius 2 is 0.970 bits per heavy atom. The maximum atomic E-state index is 11.9. The van der Waals surface area contributed by atoms with E-state index in [2.05, 4.69) is 31.2 Å². The number of hydrogen-bond acceptors (Lipinski definition) is 14. The first kappa shape index (κ1) is 43.1. The highest BCUT2D eigenvalue weighted by Crippen LogP contribution is 2.44. The van der Waals surface area contributed by atoms with E-state index >= 15 is 0 Å². The van der Waals surface area contributed by atoms with Crippen molar-refractivity contribution in [3.05, 3.63) is 157 Å². The normalized spacial score (nSPS) is 15.3. The molecule has 4 aromatic carbocycles. The van der Waals surface area contributed by atoms with Crippen molar-refractivity contribution in [2.24, 2.45) is 0 Å². The highest BCUT2D eigenvalue weighted by atomic mass is 32.1. The number of aromatic nitrogens is 4. The molecule has 0 bridgehead atoms. The molecule has 0 saturated heterocycles. The van der Waals surface area contributed by atoms with Crippen LogP contribution in [-0.2, 0) is 11.2 Å². The zero-order chi connectivity index (χ0) is 45.1. The third-order valence-electron chi connectivity index (χ3n) is 11.6. The van der Waals surface area contributed by atoms with E-state index < -0.39 is 11.2 Å². The van der Waals surface area contributed by atoms with E-state index in [0.717, 1.165) is 69.8 Å². The van der Waals surface area contributed by atoms with E-state index in [1.807, 2.05) is 133 Å². The number of nitrogens with one attached hydrogen (secondary N) is 4. The average molecular weight is 915 g/mol. The smallest absolute Gasteiger partial charge is 0.210 e. The summed E-state index contributed by atoms with van der Waals surface area (Å²) < 4.78 is 12.9. The van der Waals surface area contributed by atoms with Crippen LogP contribution in [0.2, 0.25) is 0 Å². The number of hydrogen-bond donors (Lipinski definition) is 6. The third kappa shape index (κ3) is 10.6. The quantitative estimate of drug-likeness (QED) is 0.0457. The van der Waals surface area contributed by atoms with Gasteiger partial charge in [0.15, 0.2) is 10.3 Å². The molecule has 2 unspecified atom stereocenters. The largest absolute Gasteiger partial charge is 0.444 e. The van der Waals surface area contributed by atoms with E-state index in [9.17, 15) is 10.2 Å². The lowest BCUT2D eigenvalue weighted by Crippen LogP contribution is -2.28. The summed E-state index contributed by atoms with van der Waals surface area (Å²) >= 11 is 2.99. The highest BCUT2D eigenvalue weighted by Gasteiger charge is 2.31. The van der Waals surface area contributed by atoms with E-state index in [-0.39, 0.29) is 0 Å². The number of aliphatic hydroxyl groups is 2. The van der Waals surface area contributed by atoms with Crippen molar-refractivity contribution in [2.45, 2.75) is 75.7 Å². The summed E-state index contributed by atoms with van der Waals surface area (Å²) in [6, 6.07) is 43.6. The molecule has 6 N–H and O–H groups in total. The van der Waals surface area contributed by atoms with Crippen LogP contribution < -0.4 is 30.7 Å². The van der Waals surface area contributed by atoms with Crippen molar-refractivity contribution in [1.82, 2.24) is 19.9 Å². The van der Waals surface area contributed by atoms with Gasteiger partial charge in [-0.3, -0.25) is 0 Å². The molecule has 0 amide bonds. The molecule has 2 fully saturated rings. The molecular weight excluding hydrogens is 865 g/mol. The Morgan fingerprint density at radius 3 is 1.38 bits per heavy atom. The van der Waals surface area contributed by atoms with Crippen molar-refractivity contribution in [3.8, 4) is 44.1 Å². The molecule has 4 heterocycles. The zero-order valence-corrected chi connectivity index (χ0v) is 38.2. The third-order valence-corrected chi connectivity index (χ3v) is 13.3. The first-order valence-electron chi connectivity index (χ1n) is 22.2. The molecule has 334 valence electrons. The molecular formula is C52H50N8O4S2. The second kappa shape index (κ2) is 18.6. The van der Waals surface area contributed by atoms with E-state index in [1.54, 1.807) is 26.2 Å². The number of rotatable bonds is 19. The molecule has 4 aromatic heterocycles. The number of thiazole rings is 2. The van der Waals surface area contributed by atoms with Crippen molar-refractivity contribution in [2.75, 3.05) is 21.3 Å². The Morgan fingerprint density at radius 1 is 0.545 bits per heavy atom. The summed E-state index contributed by atoms with van der Waals surface area (Å²) in [4.78, 5) is 18.9. The topological polar surface area (TPSA) is 159 Å². The van der Waals surface area contributed by atoms with Crippen LogP contribution in [0.5, 0.6) is 21.6 Å². The monoisotopic (exact) mass is 914 g/mol. The molecule has 2 aliphatic carbocycles. The molecule has 12 nitrogen and oxygen atoms in total. The van der Waals surface area contributed by atoms with Crippen molar-refractivity contribution < 1.29 is 19.7 Å². The van der Waals surface area contributed by atoms with Crippen LogP contribution in [0, 0.1) is 0 Å². The molecule has 8 aromatic rings. The minimum Gasteiger partial charge on any atom is -0.444 e. The lowest BCUT2D eigenvalue weighted by Gasteiger charge is -2.30. The van der Waals surface area contributed by atoms with Gasteiger partial charge < -0.3 is 41.0 Å². The zero-order valence-electron chi connectivity index (χ0n) is 36.6. The van der Waals surface area contributed by atoms with Gasteiger partial charge in [0.05, 0.1) is 11.2 Å². The molecule has 2 atom stereocenters. The minimum atomic E-state index is -1.25. The van der Waals surface area contributed by atoms with Crippen LogP contribution in [0.1, 0.15) is 63.5 Å². The molecule has 66 heavy (non-hydrogen) atoms. The Bertz CT molecular complexity index is 2740. The van der Waals surface area contributed by atoms with Gasteiger partial charge in [0.25, 0.3) is 0 Å². The molecule has 0 aliphatic heterocycles. The fourth-order valence-corrected chi connectivity index (χ4v) is 9.34. The number of anilines is 6. The average Bonchev–Trinajstić information content (AvgIpc) is 4.25. The maximum Gasteiger partial charge on any atom is 0.210 e. The molecule has 14 heteroatoms. The SMILES string of the molecule is CC(O)(CCC(C)(O)c1cccc(Nc2cc(Oc3sc(NC4CC4)nc3-c3ccccc3)ccn2)c1)c1cccc(Nc2cc(Oc3sc(NC4CC4)nc3-c3ccccc3)ccn2)c1. The summed E-state index contributed by atoms with van der Waals surface area (Å²) in [5.41, 5.74) is 3.97. The van der Waals surface area contributed by atoms with Gasteiger partial charge in [0, 0.05) is 59.1 Å². The van der Waals surface area contributed by atoms with Gasteiger partial charge in [-0.25, -0.2) is 19.9 Å². The van der Waals surface area contributed by atoms with E-state index in [0.29, 0.717) is 69.3 Å². The summed E-state index contributed by atoms with van der Waals surface area (Å²) in [5, 5.41) is 40.6. The van der Waals surface area contributed by atoms with Crippen LogP contribution in [0.15, 0.2) is 146 Å². The molecule has 2 saturated carbocycles. The Balaban J connectivity index is 0.781. The first-order chi connectivity index (χ1) is 32.1. The first-order valence-corrected chi connectivity index (χ1v) is 23.9. The number of benzene rings is 4.